The Morgan fingerprint density at radius 3 is 2.51 bits per heavy atom. The first kappa shape index (κ1) is 28.5. The second kappa shape index (κ2) is 13.5. The molecule has 0 unspecified atom stereocenters. The number of hydrogen-bond donors (Lipinski definition) is 3. The summed E-state index contributed by atoms with van der Waals surface area (Å²) in [4.78, 5) is 55.4. The topological polar surface area (TPSA) is 129 Å². The standard InChI is InChI=1S/C25H26Cl2N4O5S/c1-37-19-7-5-15(21(26)22(19)27)6-8-20(32)31-12-9-16(10-13-31)23(33)30-18(25(35)36)14-29-24(34)17-4-2-3-11-28-17/h2-8,11,16,18H,9-10,12-14H2,1H3,(H,29,34)(H,30,33)(H,35,36)/t18-/m0/s1. The lowest BCUT2D eigenvalue weighted by molar-refractivity contribution is -0.142. The lowest BCUT2D eigenvalue weighted by Crippen LogP contribution is -2.51. The average Bonchev–Trinajstić information content (AvgIpc) is 2.91. The number of carbonyl (C=O) groups excluding carboxylic acids is 3. The lowest BCUT2D eigenvalue weighted by Gasteiger charge is -2.31. The van der Waals surface area contributed by atoms with Crippen molar-refractivity contribution in [3.8, 4) is 0 Å². The zero-order valence-electron chi connectivity index (χ0n) is 19.9. The summed E-state index contributed by atoms with van der Waals surface area (Å²) >= 11 is 14.0. The summed E-state index contributed by atoms with van der Waals surface area (Å²) in [5.41, 5.74) is 0.772. The van der Waals surface area contributed by atoms with Crippen LogP contribution in [0, 0.1) is 5.92 Å². The highest BCUT2D eigenvalue weighted by Crippen LogP contribution is 2.35. The maximum absolute atomic E-state index is 12.7. The molecule has 0 saturated carbocycles. The van der Waals surface area contributed by atoms with Gasteiger partial charge in [-0.15, -0.1) is 11.8 Å². The first-order chi connectivity index (χ1) is 17.7. The molecule has 1 aromatic heterocycles. The summed E-state index contributed by atoms with van der Waals surface area (Å²) in [5, 5.41) is 15.2. The van der Waals surface area contributed by atoms with Crippen LogP contribution in [0.2, 0.25) is 10.0 Å². The van der Waals surface area contributed by atoms with E-state index in [1.54, 1.807) is 29.2 Å². The number of carboxylic acid groups (broad SMARTS) is 1. The van der Waals surface area contributed by atoms with Crippen molar-refractivity contribution >= 4 is 64.7 Å². The zero-order chi connectivity index (χ0) is 26.9. The summed E-state index contributed by atoms with van der Waals surface area (Å²) in [5.74, 6) is -2.91. The minimum Gasteiger partial charge on any atom is -0.480 e. The number of aliphatic carboxylic acids is 1. The molecule has 1 aliphatic rings. The highest BCUT2D eigenvalue weighted by Gasteiger charge is 2.30. The van der Waals surface area contributed by atoms with Crippen molar-refractivity contribution in [1.82, 2.24) is 20.5 Å². The van der Waals surface area contributed by atoms with Crippen LogP contribution in [0.15, 0.2) is 47.5 Å². The number of thioether (sulfide) groups is 1. The Labute approximate surface area is 228 Å². The van der Waals surface area contributed by atoms with Gasteiger partial charge in [-0.25, -0.2) is 4.79 Å². The molecule has 1 fully saturated rings. The van der Waals surface area contributed by atoms with E-state index >= 15 is 0 Å². The van der Waals surface area contributed by atoms with Gasteiger partial charge in [0.15, 0.2) is 0 Å². The Morgan fingerprint density at radius 1 is 1.16 bits per heavy atom. The van der Waals surface area contributed by atoms with E-state index in [1.807, 2.05) is 12.3 Å². The monoisotopic (exact) mass is 564 g/mol. The summed E-state index contributed by atoms with van der Waals surface area (Å²) in [7, 11) is 0. The number of hydrogen-bond acceptors (Lipinski definition) is 6. The number of nitrogens with zero attached hydrogens (tertiary/aromatic N) is 2. The van der Waals surface area contributed by atoms with Crippen LogP contribution in [0.3, 0.4) is 0 Å². The Hall–Kier alpha value is -3.08. The van der Waals surface area contributed by atoms with Crippen LogP contribution in [-0.2, 0) is 14.4 Å². The largest absolute Gasteiger partial charge is 0.480 e. The Bertz CT molecular complexity index is 1190. The van der Waals surface area contributed by atoms with Crippen molar-refractivity contribution in [1.29, 1.82) is 0 Å². The summed E-state index contributed by atoms with van der Waals surface area (Å²) < 4.78 is 0. The van der Waals surface area contributed by atoms with Gasteiger partial charge >= 0.3 is 5.97 Å². The van der Waals surface area contributed by atoms with Crippen LogP contribution >= 0.6 is 35.0 Å². The number of carboxylic acids is 1. The van der Waals surface area contributed by atoms with Crippen molar-refractivity contribution in [2.24, 2.45) is 5.92 Å². The number of aromatic nitrogens is 1. The van der Waals surface area contributed by atoms with Crippen LogP contribution in [0.25, 0.3) is 6.08 Å². The van der Waals surface area contributed by atoms with Crippen LogP contribution in [0.4, 0.5) is 0 Å². The van der Waals surface area contributed by atoms with E-state index in [9.17, 15) is 24.3 Å². The number of amides is 3. The highest BCUT2D eigenvalue weighted by atomic mass is 35.5. The number of piperidine rings is 1. The van der Waals surface area contributed by atoms with Gasteiger partial charge in [-0.1, -0.05) is 35.3 Å². The molecule has 0 bridgehead atoms. The van der Waals surface area contributed by atoms with E-state index in [0.717, 1.165) is 4.90 Å². The van der Waals surface area contributed by atoms with Gasteiger partial charge in [0.1, 0.15) is 11.7 Å². The SMILES string of the molecule is CSc1ccc(C=CC(=O)N2CCC(C(=O)N[C@@H](CNC(=O)c3ccccn3)C(=O)O)CC2)c(Cl)c1Cl. The van der Waals surface area contributed by atoms with Gasteiger partial charge in [-0.05, 0) is 48.9 Å². The van der Waals surface area contributed by atoms with Gasteiger partial charge in [0, 0.05) is 42.7 Å². The van der Waals surface area contributed by atoms with Gasteiger partial charge in [-0.3, -0.25) is 19.4 Å². The highest BCUT2D eigenvalue weighted by molar-refractivity contribution is 7.98. The van der Waals surface area contributed by atoms with E-state index in [-0.39, 0.29) is 18.1 Å². The quantitative estimate of drug-likeness (QED) is 0.314. The number of nitrogens with one attached hydrogen (secondary N) is 2. The van der Waals surface area contributed by atoms with Gasteiger partial charge < -0.3 is 20.6 Å². The van der Waals surface area contributed by atoms with Crippen LogP contribution in [0.5, 0.6) is 0 Å². The van der Waals surface area contributed by atoms with E-state index in [0.29, 0.717) is 41.5 Å². The van der Waals surface area contributed by atoms with Crippen LogP contribution in [0.1, 0.15) is 28.9 Å². The number of rotatable bonds is 9. The number of likely N-dealkylation sites (tertiary alicyclic amines) is 1. The summed E-state index contributed by atoms with van der Waals surface area (Å²) in [6.45, 7) is 0.397. The van der Waals surface area contributed by atoms with Crippen LogP contribution in [-0.4, -0.2) is 70.6 Å². The third kappa shape index (κ3) is 7.70. The molecule has 12 heteroatoms. The smallest absolute Gasteiger partial charge is 0.328 e. The first-order valence-electron chi connectivity index (χ1n) is 11.4. The molecule has 3 rings (SSSR count). The molecule has 37 heavy (non-hydrogen) atoms. The fourth-order valence-electron chi connectivity index (χ4n) is 3.73. The third-order valence-electron chi connectivity index (χ3n) is 5.86. The number of benzene rings is 1. The van der Waals surface area contributed by atoms with Gasteiger partial charge in [-0.2, -0.15) is 0 Å². The van der Waals surface area contributed by atoms with Crippen molar-refractivity contribution < 1.29 is 24.3 Å². The maximum atomic E-state index is 12.7. The molecule has 9 nitrogen and oxygen atoms in total. The average molecular weight is 565 g/mol. The third-order valence-corrected chi connectivity index (χ3v) is 7.65. The molecule has 1 aliphatic heterocycles. The fraction of sp³-hybridized carbons (Fsp3) is 0.320. The van der Waals surface area contributed by atoms with Crippen molar-refractivity contribution in [3.63, 3.8) is 0 Å². The van der Waals surface area contributed by atoms with Gasteiger partial charge in [0.05, 0.1) is 10.0 Å². The predicted octanol–water partition coefficient (Wildman–Crippen LogP) is 3.36. The van der Waals surface area contributed by atoms with E-state index in [4.69, 9.17) is 23.2 Å². The molecule has 3 N–H and O–H groups in total. The number of carbonyl (C=O) groups is 4. The van der Waals surface area contributed by atoms with Crippen molar-refractivity contribution in [2.75, 3.05) is 25.9 Å². The molecular formula is C25H26Cl2N4O5S. The minimum atomic E-state index is -1.29. The Balaban J connectivity index is 1.50. The minimum absolute atomic E-state index is 0.145. The molecule has 2 aromatic rings. The normalized spacial score (nSPS) is 14.8. The van der Waals surface area contributed by atoms with Crippen molar-refractivity contribution in [3.05, 3.63) is 63.9 Å². The molecule has 0 aliphatic carbocycles. The molecule has 1 saturated heterocycles. The van der Waals surface area contributed by atoms with E-state index in [2.05, 4.69) is 15.6 Å². The molecule has 196 valence electrons. The van der Waals surface area contributed by atoms with E-state index < -0.39 is 29.7 Å². The second-order valence-corrected chi connectivity index (χ2v) is 9.85. The lowest BCUT2D eigenvalue weighted by atomic mass is 9.95. The summed E-state index contributed by atoms with van der Waals surface area (Å²) in [6.07, 6.45) is 7.13. The van der Waals surface area contributed by atoms with E-state index in [1.165, 1.54) is 30.1 Å². The number of pyridine rings is 1. The molecule has 3 amide bonds. The molecule has 1 atom stereocenters. The first-order valence-corrected chi connectivity index (χ1v) is 13.4. The molecule has 2 heterocycles. The fourth-order valence-corrected chi connectivity index (χ4v) is 4.91. The zero-order valence-corrected chi connectivity index (χ0v) is 22.3. The predicted molar refractivity (Wildman–Crippen MR) is 143 cm³/mol. The molecule has 1 aromatic carbocycles. The van der Waals surface area contributed by atoms with Gasteiger partial charge in [0.2, 0.25) is 11.8 Å². The second-order valence-electron chi connectivity index (χ2n) is 8.24. The number of halogens is 2. The van der Waals surface area contributed by atoms with Crippen LogP contribution < -0.4 is 10.6 Å². The maximum Gasteiger partial charge on any atom is 0.328 e. The molecule has 0 spiro atoms. The Kier molecular flexibility index (Phi) is 10.4. The summed E-state index contributed by atoms with van der Waals surface area (Å²) in [6, 6.07) is 7.12. The van der Waals surface area contributed by atoms with Crippen molar-refractivity contribution in [2.45, 2.75) is 23.8 Å². The molecule has 0 radical (unpaired) electrons. The Morgan fingerprint density at radius 2 is 1.89 bits per heavy atom. The van der Waals surface area contributed by atoms with Gasteiger partial charge in [0.25, 0.3) is 5.91 Å². The molecular weight excluding hydrogens is 539 g/mol.